The van der Waals surface area contributed by atoms with Gasteiger partial charge in [0.25, 0.3) is 0 Å². The zero-order valence-corrected chi connectivity index (χ0v) is 5.30. The summed E-state index contributed by atoms with van der Waals surface area (Å²) in [5.74, 6) is 0.542. The van der Waals surface area contributed by atoms with Crippen molar-refractivity contribution < 1.29 is 0 Å². The van der Waals surface area contributed by atoms with Gasteiger partial charge >= 0.3 is 5.69 Å². The lowest BCUT2D eigenvalue weighted by Crippen LogP contribution is -2.11. The van der Waals surface area contributed by atoms with Gasteiger partial charge in [-0.2, -0.15) is 0 Å². The van der Waals surface area contributed by atoms with E-state index < -0.39 is 0 Å². The smallest absolute Gasteiger partial charge is 0.342 e. The molecule has 0 aliphatic carbocycles. The zero-order chi connectivity index (χ0) is 6.85. The van der Waals surface area contributed by atoms with Crippen LogP contribution in [0.4, 0.5) is 5.95 Å². The molecule has 1 aromatic rings. The first-order chi connectivity index (χ1) is 4.20. The van der Waals surface area contributed by atoms with Crippen LogP contribution in [0.2, 0.25) is 0 Å². The Bertz CT molecular complexity index is 235. The molecular weight excluding hydrogens is 120 g/mol. The fourth-order valence-electron chi connectivity index (χ4n) is 0.473. The molecule has 1 aromatic heterocycles. The molecule has 2 N–H and O–H groups in total. The van der Waals surface area contributed by atoms with Crippen LogP contribution in [0.3, 0.4) is 0 Å². The summed E-state index contributed by atoms with van der Waals surface area (Å²) in [4.78, 5) is 14.6. The number of rotatable bonds is 1. The van der Waals surface area contributed by atoms with E-state index in [2.05, 4.69) is 15.2 Å². The van der Waals surface area contributed by atoms with Gasteiger partial charge in [0.1, 0.15) is 0 Å². The predicted molar refractivity (Wildman–Crippen MR) is 33.5 cm³/mol. The first-order valence-corrected chi connectivity index (χ1v) is 2.52. The Morgan fingerprint density at radius 1 is 1.56 bits per heavy atom. The van der Waals surface area contributed by atoms with E-state index >= 15 is 0 Å². The lowest BCUT2D eigenvalue weighted by molar-refractivity contribution is 0.995. The SMILES string of the molecule is CN(C)c1n[nH]c(=O)[nH]1. The van der Waals surface area contributed by atoms with Crippen LogP contribution in [-0.4, -0.2) is 29.3 Å². The number of aromatic nitrogens is 3. The molecule has 0 radical (unpaired) electrons. The van der Waals surface area contributed by atoms with Crippen LogP contribution >= 0.6 is 0 Å². The number of aromatic amines is 2. The number of nitrogens with one attached hydrogen (secondary N) is 2. The van der Waals surface area contributed by atoms with Crippen LogP contribution in [0.25, 0.3) is 0 Å². The van der Waals surface area contributed by atoms with Crippen molar-refractivity contribution in [2.24, 2.45) is 0 Å². The largest absolute Gasteiger partial charge is 0.347 e. The molecule has 0 saturated carbocycles. The van der Waals surface area contributed by atoms with Crippen molar-refractivity contribution in [3.8, 4) is 0 Å². The van der Waals surface area contributed by atoms with E-state index in [-0.39, 0.29) is 5.69 Å². The molecule has 9 heavy (non-hydrogen) atoms. The fraction of sp³-hybridized carbons (Fsp3) is 0.500. The Kier molecular flexibility index (Phi) is 1.26. The first kappa shape index (κ1) is 5.87. The molecule has 0 unspecified atom stereocenters. The van der Waals surface area contributed by atoms with Crippen molar-refractivity contribution in [3.63, 3.8) is 0 Å². The van der Waals surface area contributed by atoms with Gasteiger partial charge in [0, 0.05) is 14.1 Å². The minimum Gasteiger partial charge on any atom is -0.347 e. The van der Waals surface area contributed by atoms with Crippen molar-refractivity contribution in [2.75, 3.05) is 19.0 Å². The first-order valence-electron chi connectivity index (χ1n) is 2.52. The third-order valence-electron chi connectivity index (χ3n) is 0.912. The quantitative estimate of drug-likeness (QED) is 0.518. The summed E-state index contributed by atoms with van der Waals surface area (Å²) in [6.45, 7) is 0. The van der Waals surface area contributed by atoms with Crippen LogP contribution in [-0.2, 0) is 0 Å². The highest BCUT2D eigenvalue weighted by molar-refractivity contribution is 5.22. The van der Waals surface area contributed by atoms with Crippen LogP contribution < -0.4 is 10.6 Å². The van der Waals surface area contributed by atoms with Gasteiger partial charge in [0.05, 0.1) is 0 Å². The third-order valence-corrected chi connectivity index (χ3v) is 0.912. The van der Waals surface area contributed by atoms with E-state index in [1.165, 1.54) is 0 Å². The summed E-state index contributed by atoms with van der Waals surface area (Å²) >= 11 is 0. The van der Waals surface area contributed by atoms with Crippen LogP contribution in [0.5, 0.6) is 0 Å². The average molecular weight is 128 g/mol. The summed E-state index contributed by atoms with van der Waals surface area (Å²) in [5.41, 5.74) is -0.279. The highest BCUT2D eigenvalue weighted by Gasteiger charge is 1.96. The molecule has 1 heterocycles. The van der Waals surface area contributed by atoms with E-state index in [1.54, 1.807) is 19.0 Å². The molecule has 0 saturated heterocycles. The van der Waals surface area contributed by atoms with Crippen molar-refractivity contribution in [1.29, 1.82) is 0 Å². The maximum atomic E-state index is 10.4. The van der Waals surface area contributed by atoms with Gasteiger partial charge in [0.2, 0.25) is 5.95 Å². The predicted octanol–water partition coefficient (Wildman–Crippen LogP) is -0.836. The molecule has 0 bridgehead atoms. The van der Waals surface area contributed by atoms with E-state index in [9.17, 15) is 4.79 Å². The van der Waals surface area contributed by atoms with Crippen molar-refractivity contribution in [2.45, 2.75) is 0 Å². The van der Waals surface area contributed by atoms with Crippen molar-refractivity contribution in [3.05, 3.63) is 10.5 Å². The van der Waals surface area contributed by atoms with Gasteiger partial charge in [-0.05, 0) is 0 Å². The Balaban J connectivity index is 2.98. The highest BCUT2D eigenvalue weighted by Crippen LogP contribution is 1.92. The Hall–Kier alpha value is -1.26. The summed E-state index contributed by atoms with van der Waals surface area (Å²) in [5, 5.41) is 5.90. The number of H-pyrrole nitrogens is 2. The highest BCUT2D eigenvalue weighted by atomic mass is 16.1. The molecule has 0 fully saturated rings. The number of nitrogens with zero attached hydrogens (tertiary/aromatic N) is 2. The van der Waals surface area contributed by atoms with E-state index in [0.717, 1.165) is 0 Å². The van der Waals surface area contributed by atoms with Crippen molar-refractivity contribution in [1.82, 2.24) is 15.2 Å². The molecule has 5 heteroatoms. The second-order valence-electron chi connectivity index (χ2n) is 1.90. The Labute approximate surface area is 51.7 Å². The minimum absolute atomic E-state index is 0.279. The van der Waals surface area contributed by atoms with Gasteiger partial charge in [-0.3, -0.25) is 4.98 Å². The summed E-state index contributed by atoms with van der Waals surface area (Å²) in [6.07, 6.45) is 0. The van der Waals surface area contributed by atoms with Crippen LogP contribution in [0.1, 0.15) is 0 Å². The van der Waals surface area contributed by atoms with Gasteiger partial charge in [-0.1, -0.05) is 0 Å². The maximum absolute atomic E-state index is 10.4. The minimum atomic E-state index is -0.279. The molecule has 0 spiro atoms. The maximum Gasteiger partial charge on any atom is 0.342 e. The van der Waals surface area contributed by atoms with Gasteiger partial charge in [-0.25, -0.2) is 9.89 Å². The van der Waals surface area contributed by atoms with Crippen LogP contribution in [0, 0.1) is 0 Å². The molecule has 50 valence electrons. The lowest BCUT2D eigenvalue weighted by Gasteiger charge is -2.03. The van der Waals surface area contributed by atoms with E-state index in [1.807, 2.05) is 0 Å². The fourth-order valence-corrected chi connectivity index (χ4v) is 0.473. The third kappa shape index (κ3) is 1.10. The molecular formula is C4H8N4O. The molecule has 0 amide bonds. The monoisotopic (exact) mass is 128 g/mol. The standard InChI is InChI=1S/C4H8N4O/c1-8(2)3-5-4(9)7-6-3/h1-2H3,(H2,5,6,7,9). The molecule has 5 nitrogen and oxygen atoms in total. The summed E-state index contributed by atoms with van der Waals surface area (Å²) in [6, 6.07) is 0. The van der Waals surface area contributed by atoms with Gasteiger partial charge in [0.15, 0.2) is 0 Å². The number of hydrogen-bond acceptors (Lipinski definition) is 3. The van der Waals surface area contributed by atoms with E-state index in [0.29, 0.717) is 5.95 Å². The molecule has 1 rings (SSSR count). The normalized spacial score (nSPS) is 9.56. The molecule has 0 aromatic carbocycles. The summed E-state index contributed by atoms with van der Waals surface area (Å²) in [7, 11) is 3.60. The second kappa shape index (κ2) is 1.93. The zero-order valence-electron chi connectivity index (χ0n) is 5.30. The Morgan fingerprint density at radius 3 is 2.44 bits per heavy atom. The second-order valence-corrected chi connectivity index (χ2v) is 1.90. The topological polar surface area (TPSA) is 64.8 Å². The molecule has 0 atom stereocenters. The number of hydrogen-bond donors (Lipinski definition) is 2. The number of anilines is 1. The van der Waals surface area contributed by atoms with E-state index in [4.69, 9.17) is 0 Å². The van der Waals surface area contributed by atoms with Crippen molar-refractivity contribution >= 4 is 5.95 Å². The summed E-state index contributed by atoms with van der Waals surface area (Å²) < 4.78 is 0. The Morgan fingerprint density at radius 2 is 2.22 bits per heavy atom. The molecule has 0 aliphatic heterocycles. The van der Waals surface area contributed by atoms with Gasteiger partial charge in [-0.15, -0.1) is 5.10 Å². The van der Waals surface area contributed by atoms with Crippen LogP contribution in [0.15, 0.2) is 4.79 Å². The van der Waals surface area contributed by atoms with Gasteiger partial charge < -0.3 is 4.90 Å². The lowest BCUT2D eigenvalue weighted by atomic mass is 10.8. The molecule has 0 aliphatic rings. The average Bonchev–Trinajstić information content (AvgIpc) is 2.14.